The van der Waals surface area contributed by atoms with E-state index in [1.807, 2.05) is 36.7 Å². The third kappa shape index (κ3) is 8.49. The van der Waals surface area contributed by atoms with E-state index in [1.54, 1.807) is 35.6 Å². The summed E-state index contributed by atoms with van der Waals surface area (Å²) in [5.74, 6) is -0.942. The normalized spacial score (nSPS) is 9.68. The number of rotatable bonds is 8. The van der Waals surface area contributed by atoms with E-state index in [9.17, 15) is 9.59 Å². The van der Waals surface area contributed by atoms with Crippen LogP contribution in [0.5, 0.6) is 0 Å². The van der Waals surface area contributed by atoms with E-state index in [1.165, 1.54) is 0 Å². The van der Waals surface area contributed by atoms with Gasteiger partial charge in [-0.1, -0.05) is 51.0 Å². The van der Waals surface area contributed by atoms with Gasteiger partial charge >= 0.3 is 11.9 Å². The molecule has 0 unspecified atom stereocenters. The molecule has 0 aliphatic heterocycles. The number of unbranched alkanes of at least 4 members (excludes halogenated alkanes) is 2. The first-order chi connectivity index (χ1) is 12.2. The van der Waals surface area contributed by atoms with Gasteiger partial charge in [0.1, 0.15) is 0 Å². The quantitative estimate of drug-likeness (QED) is 0.469. The van der Waals surface area contributed by atoms with Crippen molar-refractivity contribution >= 4 is 23.3 Å². The summed E-state index contributed by atoms with van der Waals surface area (Å²) in [6.07, 6.45) is 3.53. The van der Waals surface area contributed by atoms with Gasteiger partial charge in [0.05, 0.1) is 24.3 Å². The molecule has 0 spiro atoms. The molecule has 0 saturated carbocycles. The summed E-state index contributed by atoms with van der Waals surface area (Å²) < 4.78 is 10.3. The lowest BCUT2D eigenvalue weighted by Gasteiger charge is -2.09. The zero-order chi connectivity index (χ0) is 18.3. The molecule has 5 heteroatoms. The topological polar surface area (TPSA) is 52.6 Å². The molecular weight excluding hydrogens is 336 g/mol. The molecular formula is C20H26O4S. The highest BCUT2D eigenvalue weighted by Crippen LogP contribution is 2.12. The second-order valence-corrected chi connectivity index (χ2v) is 6.13. The number of carbonyl (C=O) groups excluding carboxylic acids is 2. The van der Waals surface area contributed by atoms with Gasteiger partial charge < -0.3 is 9.47 Å². The van der Waals surface area contributed by atoms with Gasteiger partial charge in [-0.25, -0.2) is 9.59 Å². The van der Waals surface area contributed by atoms with Crippen molar-refractivity contribution in [3.05, 3.63) is 58.3 Å². The minimum absolute atomic E-state index is 0.269. The van der Waals surface area contributed by atoms with Crippen LogP contribution in [0.1, 0.15) is 60.2 Å². The number of thiophene rings is 1. The number of carbonyl (C=O) groups is 2. The third-order valence-electron chi connectivity index (χ3n) is 3.25. The molecule has 0 atom stereocenters. The molecule has 0 bridgehead atoms. The molecule has 25 heavy (non-hydrogen) atoms. The van der Waals surface area contributed by atoms with Gasteiger partial charge in [0.25, 0.3) is 0 Å². The Morgan fingerprint density at radius 3 is 1.56 bits per heavy atom. The summed E-state index contributed by atoms with van der Waals surface area (Å²) in [5.41, 5.74) is 0.537. The lowest BCUT2D eigenvalue weighted by Crippen LogP contribution is -2.14. The Hall–Kier alpha value is -2.14. The molecule has 0 amide bonds. The second-order valence-electron chi connectivity index (χ2n) is 5.32. The van der Waals surface area contributed by atoms with Gasteiger partial charge in [-0.15, -0.1) is 0 Å². The van der Waals surface area contributed by atoms with Crippen LogP contribution in [0.4, 0.5) is 0 Å². The standard InChI is InChI=1S/C16H22O4.C4H4S/c1-3-5-11-19-15(17)13-9-7-8-10-14(13)16(18)20-12-6-4-2;1-2-4-5-3-1/h7-10H,3-6,11-12H2,1-2H3;1-4H. The summed E-state index contributed by atoms with van der Waals surface area (Å²) in [7, 11) is 0. The molecule has 0 radical (unpaired) electrons. The van der Waals surface area contributed by atoms with Crippen LogP contribution in [0.25, 0.3) is 0 Å². The van der Waals surface area contributed by atoms with E-state index in [4.69, 9.17) is 9.47 Å². The molecule has 0 aliphatic carbocycles. The Balaban J connectivity index is 0.000000531. The van der Waals surface area contributed by atoms with E-state index in [2.05, 4.69) is 0 Å². The molecule has 2 rings (SSSR count). The first-order valence-electron chi connectivity index (χ1n) is 8.61. The minimum Gasteiger partial charge on any atom is -0.462 e. The Bertz CT molecular complexity index is 550. The molecule has 4 nitrogen and oxygen atoms in total. The lowest BCUT2D eigenvalue weighted by atomic mass is 10.1. The van der Waals surface area contributed by atoms with Gasteiger partial charge in [0, 0.05) is 0 Å². The molecule has 0 N–H and O–H groups in total. The lowest BCUT2D eigenvalue weighted by molar-refractivity contribution is 0.0452. The maximum absolute atomic E-state index is 11.9. The van der Waals surface area contributed by atoms with Crippen molar-refractivity contribution < 1.29 is 19.1 Å². The number of benzene rings is 1. The van der Waals surface area contributed by atoms with E-state index in [0.717, 1.165) is 25.7 Å². The van der Waals surface area contributed by atoms with Crippen molar-refractivity contribution in [3.63, 3.8) is 0 Å². The highest BCUT2D eigenvalue weighted by molar-refractivity contribution is 7.07. The SMILES string of the molecule is CCCCOC(=O)c1ccccc1C(=O)OCCCC.c1ccsc1. The van der Waals surface area contributed by atoms with Crippen LogP contribution >= 0.6 is 11.3 Å². The number of esters is 2. The van der Waals surface area contributed by atoms with Crippen LogP contribution in [0.15, 0.2) is 47.2 Å². The number of hydrogen-bond donors (Lipinski definition) is 0. The van der Waals surface area contributed by atoms with Crippen LogP contribution in [0.3, 0.4) is 0 Å². The number of ether oxygens (including phenoxy) is 2. The van der Waals surface area contributed by atoms with Gasteiger partial charge in [0.2, 0.25) is 0 Å². The first-order valence-corrected chi connectivity index (χ1v) is 9.55. The summed E-state index contributed by atoms with van der Waals surface area (Å²) in [5, 5.41) is 4.08. The Labute approximate surface area is 153 Å². The summed E-state index contributed by atoms with van der Waals surface area (Å²) in [6.45, 7) is 4.78. The Morgan fingerprint density at radius 2 is 1.24 bits per heavy atom. The van der Waals surface area contributed by atoms with Crippen LogP contribution < -0.4 is 0 Å². The average Bonchev–Trinajstić information content (AvgIpc) is 3.22. The fourth-order valence-electron chi connectivity index (χ4n) is 1.84. The average molecular weight is 362 g/mol. The van der Waals surface area contributed by atoms with Crippen LogP contribution in [-0.2, 0) is 9.47 Å². The van der Waals surface area contributed by atoms with Gasteiger partial charge in [0.15, 0.2) is 0 Å². The molecule has 1 aromatic carbocycles. The van der Waals surface area contributed by atoms with Crippen molar-refractivity contribution in [2.24, 2.45) is 0 Å². The van der Waals surface area contributed by atoms with Crippen molar-refractivity contribution in [1.29, 1.82) is 0 Å². The van der Waals surface area contributed by atoms with Crippen LogP contribution in [-0.4, -0.2) is 25.2 Å². The maximum atomic E-state index is 11.9. The largest absolute Gasteiger partial charge is 0.462 e. The number of hydrogen-bond acceptors (Lipinski definition) is 5. The van der Waals surface area contributed by atoms with Crippen molar-refractivity contribution in [3.8, 4) is 0 Å². The first kappa shape index (κ1) is 20.9. The van der Waals surface area contributed by atoms with E-state index >= 15 is 0 Å². The molecule has 0 aliphatic rings. The van der Waals surface area contributed by atoms with Gasteiger partial charge in [-0.2, -0.15) is 11.3 Å². The van der Waals surface area contributed by atoms with Crippen LogP contribution in [0.2, 0.25) is 0 Å². The molecule has 0 saturated heterocycles. The third-order valence-corrected chi connectivity index (χ3v) is 3.88. The maximum Gasteiger partial charge on any atom is 0.339 e. The molecule has 136 valence electrons. The molecule has 2 aromatic rings. The van der Waals surface area contributed by atoms with E-state index < -0.39 is 11.9 Å². The summed E-state index contributed by atoms with van der Waals surface area (Å²) in [6, 6.07) is 10.6. The van der Waals surface area contributed by atoms with Crippen LogP contribution in [0, 0.1) is 0 Å². The predicted molar refractivity (Wildman–Crippen MR) is 101 cm³/mol. The Morgan fingerprint density at radius 1 is 0.800 bits per heavy atom. The molecule has 0 fully saturated rings. The Kier molecular flexibility index (Phi) is 11.0. The minimum atomic E-state index is -0.471. The van der Waals surface area contributed by atoms with Gasteiger partial charge in [-0.05, 0) is 35.7 Å². The van der Waals surface area contributed by atoms with Crippen molar-refractivity contribution in [1.82, 2.24) is 0 Å². The monoisotopic (exact) mass is 362 g/mol. The van der Waals surface area contributed by atoms with Crippen molar-refractivity contribution in [2.45, 2.75) is 39.5 Å². The fourth-order valence-corrected chi connectivity index (χ4v) is 2.29. The fraction of sp³-hybridized carbons (Fsp3) is 0.400. The highest BCUT2D eigenvalue weighted by Gasteiger charge is 2.18. The summed E-state index contributed by atoms with van der Waals surface area (Å²) in [4.78, 5) is 23.9. The summed E-state index contributed by atoms with van der Waals surface area (Å²) >= 11 is 1.71. The molecule has 1 heterocycles. The van der Waals surface area contributed by atoms with Crippen molar-refractivity contribution in [2.75, 3.05) is 13.2 Å². The van der Waals surface area contributed by atoms with Gasteiger partial charge in [-0.3, -0.25) is 0 Å². The highest BCUT2D eigenvalue weighted by atomic mass is 32.1. The molecule has 1 aromatic heterocycles. The van der Waals surface area contributed by atoms with E-state index in [0.29, 0.717) is 13.2 Å². The zero-order valence-electron chi connectivity index (χ0n) is 14.9. The second kappa shape index (κ2) is 13.2. The predicted octanol–water partition coefficient (Wildman–Crippen LogP) is 5.35. The zero-order valence-corrected chi connectivity index (χ0v) is 15.7. The van der Waals surface area contributed by atoms with E-state index in [-0.39, 0.29) is 11.1 Å². The smallest absolute Gasteiger partial charge is 0.339 e.